The van der Waals surface area contributed by atoms with Crippen molar-refractivity contribution in [2.45, 2.75) is 45.4 Å². The van der Waals surface area contributed by atoms with Crippen LogP contribution in [0.3, 0.4) is 0 Å². The third-order valence-corrected chi connectivity index (χ3v) is 4.75. The number of carbonyl (C=O) groups excluding carboxylic acids is 3. The Kier molecular flexibility index (Phi) is 7.64. The first-order chi connectivity index (χ1) is 12.2. The highest BCUT2D eigenvalue weighted by Crippen LogP contribution is 2.26. The van der Waals surface area contributed by atoms with Crippen molar-refractivity contribution in [1.29, 1.82) is 0 Å². The Balaban J connectivity index is 2.03. The third-order valence-electron chi connectivity index (χ3n) is 4.75. The van der Waals surface area contributed by atoms with Crippen molar-refractivity contribution in [1.82, 2.24) is 4.90 Å². The molecule has 0 aromatic heterocycles. The highest BCUT2D eigenvalue weighted by atomic mass is 16.6. The number of carbonyl (C=O) groups is 3. The molecule has 1 aromatic rings. The van der Waals surface area contributed by atoms with E-state index < -0.39 is 12.0 Å². The molecule has 1 fully saturated rings. The van der Waals surface area contributed by atoms with Gasteiger partial charge >= 0.3 is 6.09 Å². The van der Waals surface area contributed by atoms with Crippen molar-refractivity contribution in [2.24, 2.45) is 11.8 Å². The van der Waals surface area contributed by atoms with E-state index in [9.17, 15) is 14.4 Å². The Morgan fingerprint density at radius 2 is 2.00 bits per heavy atom. The average Bonchev–Trinajstić information content (AvgIpc) is 3.07. The maximum atomic E-state index is 12.8. The summed E-state index contributed by atoms with van der Waals surface area (Å²) in [4.78, 5) is 37.3. The van der Waals surface area contributed by atoms with Gasteiger partial charge < -0.3 is 9.53 Å². The minimum atomic E-state index is -0.585. The van der Waals surface area contributed by atoms with Gasteiger partial charge in [-0.1, -0.05) is 50.1 Å². The van der Waals surface area contributed by atoms with E-state index in [1.807, 2.05) is 18.2 Å². The predicted molar refractivity (Wildman–Crippen MR) is 95.0 cm³/mol. The topological polar surface area (TPSA) is 63.7 Å². The minimum absolute atomic E-state index is 0.238. The molecule has 0 unspecified atom stereocenters. The second-order valence-corrected chi connectivity index (χ2v) is 6.53. The summed E-state index contributed by atoms with van der Waals surface area (Å²) in [7, 11) is 0. The number of nitrogens with zero attached hydrogens (tertiary/aromatic N) is 1. The molecule has 1 aliphatic heterocycles. The molecule has 0 spiro atoms. The van der Waals surface area contributed by atoms with Crippen molar-refractivity contribution in [2.75, 3.05) is 13.2 Å². The van der Waals surface area contributed by atoms with E-state index in [1.165, 1.54) is 5.56 Å². The van der Waals surface area contributed by atoms with Crippen molar-refractivity contribution in [3.05, 3.63) is 35.9 Å². The summed E-state index contributed by atoms with van der Waals surface area (Å²) in [5, 5.41) is 0. The highest BCUT2D eigenvalue weighted by molar-refractivity contribution is 5.95. The molecule has 1 saturated heterocycles. The molecule has 2 atom stereocenters. The molecule has 2 rings (SSSR count). The first kappa shape index (κ1) is 19.2. The normalized spacial score (nSPS) is 16.4. The Hall–Kier alpha value is -2.17. The predicted octanol–water partition coefficient (Wildman–Crippen LogP) is 3.61. The minimum Gasteiger partial charge on any atom is -0.447 e. The summed E-state index contributed by atoms with van der Waals surface area (Å²) in [6.45, 7) is 2.58. The second-order valence-electron chi connectivity index (χ2n) is 6.53. The van der Waals surface area contributed by atoms with Crippen LogP contribution in [0.25, 0.3) is 0 Å². The van der Waals surface area contributed by atoms with E-state index in [4.69, 9.17) is 4.74 Å². The number of amides is 2. The quantitative estimate of drug-likeness (QED) is 0.608. The van der Waals surface area contributed by atoms with Gasteiger partial charge in [0.15, 0.2) is 0 Å². The average molecular weight is 345 g/mol. The fraction of sp³-hybridized carbons (Fsp3) is 0.550. The third kappa shape index (κ3) is 5.41. The largest absolute Gasteiger partial charge is 0.447 e. The van der Waals surface area contributed by atoms with Crippen LogP contribution in [0.5, 0.6) is 0 Å². The zero-order chi connectivity index (χ0) is 18.1. The molecule has 5 heteroatoms. The Labute approximate surface area is 149 Å². The molecule has 1 aliphatic rings. The molecule has 136 valence electrons. The fourth-order valence-electron chi connectivity index (χ4n) is 3.29. The first-order valence-electron chi connectivity index (χ1n) is 9.14. The summed E-state index contributed by atoms with van der Waals surface area (Å²) < 4.78 is 4.88. The van der Waals surface area contributed by atoms with E-state index in [0.717, 1.165) is 36.9 Å². The van der Waals surface area contributed by atoms with Gasteiger partial charge in [0.1, 0.15) is 12.9 Å². The van der Waals surface area contributed by atoms with Gasteiger partial charge in [0.05, 0.1) is 6.54 Å². The second kappa shape index (κ2) is 9.97. The molecule has 1 aromatic carbocycles. The summed E-state index contributed by atoms with van der Waals surface area (Å²) in [5.74, 6) is -1.04. The first-order valence-corrected chi connectivity index (χ1v) is 9.14. The summed E-state index contributed by atoms with van der Waals surface area (Å²) in [6.07, 6.45) is 5.13. The molecule has 0 saturated carbocycles. The van der Waals surface area contributed by atoms with Gasteiger partial charge in [0, 0.05) is 11.8 Å². The SMILES string of the molecule is CCCC[C@H](C=O)[C@@H](CCCc1ccccc1)C(=O)N1CCOC1=O. The van der Waals surface area contributed by atoms with Crippen LogP contribution >= 0.6 is 0 Å². The maximum Gasteiger partial charge on any atom is 0.416 e. The van der Waals surface area contributed by atoms with Crippen LogP contribution in [0.2, 0.25) is 0 Å². The molecule has 0 aliphatic carbocycles. The molecule has 0 radical (unpaired) electrons. The Morgan fingerprint density at radius 3 is 2.60 bits per heavy atom. The number of benzene rings is 1. The van der Waals surface area contributed by atoms with Gasteiger partial charge in [-0.15, -0.1) is 0 Å². The monoisotopic (exact) mass is 345 g/mol. The number of cyclic esters (lactones) is 1. The lowest BCUT2D eigenvalue weighted by atomic mass is 9.84. The highest BCUT2D eigenvalue weighted by Gasteiger charge is 2.36. The number of aryl methyl sites for hydroxylation is 1. The molecule has 2 amide bonds. The van der Waals surface area contributed by atoms with E-state index in [-0.39, 0.29) is 25.0 Å². The number of aldehydes is 1. The van der Waals surface area contributed by atoms with Crippen molar-refractivity contribution >= 4 is 18.3 Å². The van der Waals surface area contributed by atoms with Crippen LogP contribution in [-0.4, -0.2) is 36.3 Å². The van der Waals surface area contributed by atoms with E-state index in [2.05, 4.69) is 19.1 Å². The summed E-state index contributed by atoms with van der Waals surface area (Å²) in [6, 6.07) is 10.1. The number of ether oxygens (including phenoxy) is 1. The molecule has 25 heavy (non-hydrogen) atoms. The number of imide groups is 1. The summed E-state index contributed by atoms with van der Waals surface area (Å²) in [5.41, 5.74) is 1.21. The van der Waals surface area contributed by atoms with Crippen molar-refractivity contribution in [3.8, 4) is 0 Å². The van der Waals surface area contributed by atoms with Crippen LogP contribution < -0.4 is 0 Å². The zero-order valence-electron chi connectivity index (χ0n) is 14.9. The molecule has 0 N–H and O–H groups in total. The van der Waals surface area contributed by atoms with Gasteiger partial charge in [0.2, 0.25) is 5.91 Å². The van der Waals surface area contributed by atoms with Gasteiger partial charge in [-0.3, -0.25) is 4.79 Å². The van der Waals surface area contributed by atoms with Gasteiger partial charge in [-0.25, -0.2) is 9.69 Å². The van der Waals surface area contributed by atoms with Crippen LogP contribution in [0, 0.1) is 11.8 Å². The van der Waals surface area contributed by atoms with Gasteiger partial charge in [-0.05, 0) is 31.2 Å². The van der Waals surface area contributed by atoms with Gasteiger partial charge in [0.25, 0.3) is 0 Å². The van der Waals surface area contributed by atoms with Crippen LogP contribution in [0.4, 0.5) is 4.79 Å². The van der Waals surface area contributed by atoms with Crippen molar-refractivity contribution in [3.63, 3.8) is 0 Å². The molecule has 5 nitrogen and oxygen atoms in total. The fourth-order valence-corrected chi connectivity index (χ4v) is 3.29. The lowest BCUT2D eigenvalue weighted by molar-refractivity contribution is -0.136. The number of hydrogen-bond donors (Lipinski definition) is 0. The smallest absolute Gasteiger partial charge is 0.416 e. The van der Waals surface area contributed by atoms with E-state index in [1.54, 1.807) is 0 Å². The maximum absolute atomic E-state index is 12.8. The molecular formula is C20H27NO4. The summed E-state index contributed by atoms with van der Waals surface area (Å²) >= 11 is 0. The van der Waals surface area contributed by atoms with Gasteiger partial charge in [-0.2, -0.15) is 0 Å². The Morgan fingerprint density at radius 1 is 1.24 bits per heavy atom. The molecule has 1 heterocycles. The van der Waals surface area contributed by atoms with E-state index in [0.29, 0.717) is 12.8 Å². The van der Waals surface area contributed by atoms with Crippen molar-refractivity contribution < 1.29 is 19.1 Å². The number of rotatable bonds is 10. The molecule has 0 bridgehead atoms. The zero-order valence-corrected chi connectivity index (χ0v) is 14.9. The lowest BCUT2D eigenvalue weighted by Crippen LogP contribution is -2.40. The van der Waals surface area contributed by atoms with Crippen LogP contribution in [0.15, 0.2) is 30.3 Å². The van der Waals surface area contributed by atoms with E-state index >= 15 is 0 Å². The lowest BCUT2D eigenvalue weighted by Gasteiger charge is -2.25. The molecular weight excluding hydrogens is 318 g/mol. The number of hydrogen-bond acceptors (Lipinski definition) is 4. The van der Waals surface area contributed by atoms with Crippen LogP contribution in [0.1, 0.15) is 44.6 Å². The number of unbranched alkanes of at least 4 members (excludes halogenated alkanes) is 1. The standard InChI is InChI=1S/C20H27NO4/c1-2-3-11-17(15-22)18(19(23)21-13-14-25-20(21)24)12-7-10-16-8-5-4-6-9-16/h4-6,8-9,15,17-18H,2-3,7,10-14H2,1H3/t17-,18-/m1/s1. The van der Waals surface area contributed by atoms with Crippen LogP contribution in [-0.2, 0) is 20.7 Å². The Bertz CT molecular complexity index is 572.